The number of nitrogens with two attached hydrogens (primary N) is 1. The third kappa shape index (κ3) is 1.61. The fraction of sp³-hybridized carbons (Fsp3) is 0.571. The Balaban J connectivity index is 2.51. The summed E-state index contributed by atoms with van der Waals surface area (Å²) in [6, 6.07) is 6.36. The van der Waals surface area contributed by atoms with Crippen LogP contribution in [0, 0.1) is 5.92 Å². The molecule has 0 saturated heterocycles. The van der Waals surface area contributed by atoms with Gasteiger partial charge in [-0.05, 0) is 17.9 Å². The number of para-hydroxylation sites is 1. The molecule has 0 fully saturated rings. The molecule has 1 atom stereocenters. The van der Waals surface area contributed by atoms with Gasteiger partial charge in [0, 0.05) is 17.5 Å². The Morgan fingerprint density at radius 2 is 2.19 bits per heavy atom. The zero-order valence-electron chi connectivity index (χ0n) is 10.4. The van der Waals surface area contributed by atoms with Gasteiger partial charge < -0.3 is 10.5 Å². The van der Waals surface area contributed by atoms with Crippen LogP contribution in [0.15, 0.2) is 18.2 Å². The van der Waals surface area contributed by atoms with Crippen LogP contribution in [-0.2, 0) is 12.0 Å². The van der Waals surface area contributed by atoms with E-state index in [-0.39, 0.29) is 5.54 Å². The summed E-state index contributed by atoms with van der Waals surface area (Å²) in [5.74, 6) is 1.45. The molecule has 88 valence electrons. The highest BCUT2D eigenvalue weighted by Crippen LogP contribution is 2.40. The van der Waals surface area contributed by atoms with Gasteiger partial charge in [-0.15, -0.1) is 0 Å². The minimum atomic E-state index is -0.268. The molecule has 2 N–H and O–H groups in total. The topological polar surface area (TPSA) is 35.2 Å². The Labute approximate surface area is 97.8 Å². The fourth-order valence-electron chi connectivity index (χ4n) is 2.49. The summed E-state index contributed by atoms with van der Waals surface area (Å²) in [6.45, 7) is 7.30. The summed E-state index contributed by atoms with van der Waals surface area (Å²) in [5.41, 5.74) is 8.77. The molecule has 0 saturated carbocycles. The second-order valence-corrected chi connectivity index (χ2v) is 4.94. The third-order valence-electron chi connectivity index (χ3n) is 3.83. The van der Waals surface area contributed by atoms with Gasteiger partial charge in [-0.3, -0.25) is 0 Å². The van der Waals surface area contributed by atoms with E-state index in [2.05, 4.69) is 39.0 Å². The zero-order chi connectivity index (χ0) is 11.8. The van der Waals surface area contributed by atoms with E-state index in [9.17, 15) is 0 Å². The van der Waals surface area contributed by atoms with Crippen molar-refractivity contribution < 1.29 is 4.74 Å². The predicted molar refractivity (Wildman–Crippen MR) is 66.6 cm³/mol. The van der Waals surface area contributed by atoms with Crippen LogP contribution in [0.5, 0.6) is 5.75 Å². The quantitative estimate of drug-likeness (QED) is 0.848. The van der Waals surface area contributed by atoms with Crippen LogP contribution in [-0.4, -0.2) is 6.61 Å². The van der Waals surface area contributed by atoms with Crippen LogP contribution in [0.25, 0.3) is 0 Å². The lowest BCUT2D eigenvalue weighted by Gasteiger charge is -2.34. The number of rotatable bonds is 3. The molecule has 1 aliphatic heterocycles. The van der Waals surface area contributed by atoms with Crippen molar-refractivity contribution in [3.05, 3.63) is 29.3 Å². The average Bonchev–Trinajstić information content (AvgIpc) is 2.75. The van der Waals surface area contributed by atoms with Gasteiger partial charge in [-0.25, -0.2) is 0 Å². The lowest BCUT2D eigenvalue weighted by Crippen LogP contribution is -2.41. The van der Waals surface area contributed by atoms with Crippen molar-refractivity contribution in [3.63, 3.8) is 0 Å². The highest BCUT2D eigenvalue weighted by molar-refractivity contribution is 5.47. The molecule has 2 nitrogen and oxygen atoms in total. The maximum absolute atomic E-state index is 6.55. The van der Waals surface area contributed by atoms with E-state index in [4.69, 9.17) is 10.5 Å². The average molecular weight is 219 g/mol. The summed E-state index contributed by atoms with van der Waals surface area (Å²) in [5, 5.41) is 0. The number of hydrogen-bond donors (Lipinski definition) is 1. The Kier molecular flexibility index (Phi) is 2.94. The fourth-order valence-corrected chi connectivity index (χ4v) is 2.49. The summed E-state index contributed by atoms with van der Waals surface area (Å²) >= 11 is 0. The van der Waals surface area contributed by atoms with Crippen molar-refractivity contribution >= 4 is 0 Å². The van der Waals surface area contributed by atoms with Crippen molar-refractivity contribution in [3.8, 4) is 5.75 Å². The van der Waals surface area contributed by atoms with E-state index >= 15 is 0 Å². The summed E-state index contributed by atoms with van der Waals surface area (Å²) in [6.07, 6.45) is 1.95. The van der Waals surface area contributed by atoms with E-state index in [0.29, 0.717) is 5.92 Å². The van der Waals surface area contributed by atoms with Gasteiger partial charge in [0.25, 0.3) is 0 Å². The molecular formula is C14H21NO. The van der Waals surface area contributed by atoms with Crippen LogP contribution < -0.4 is 10.5 Å². The first-order valence-electron chi connectivity index (χ1n) is 6.13. The number of fused-ring (bicyclic) bond motifs is 1. The molecule has 0 radical (unpaired) electrons. The molecule has 1 unspecified atom stereocenters. The van der Waals surface area contributed by atoms with Gasteiger partial charge in [0.2, 0.25) is 0 Å². The predicted octanol–water partition coefficient (Wildman–Crippen LogP) is 2.84. The number of hydrogen-bond acceptors (Lipinski definition) is 2. The Bertz CT molecular complexity index is 386. The summed E-state index contributed by atoms with van der Waals surface area (Å²) < 4.78 is 5.75. The van der Waals surface area contributed by atoms with Crippen molar-refractivity contribution in [2.75, 3.05) is 6.61 Å². The van der Waals surface area contributed by atoms with E-state index in [0.717, 1.165) is 25.2 Å². The van der Waals surface area contributed by atoms with E-state index in [1.165, 1.54) is 11.1 Å². The number of benzene rings is 1. The van der Waals surface area contributed by atoms with E-state index in [1.807, 2.05) is 0 Å². The second kappa shape index (κ2) is 4.10. The van der Waals surface area contributed by atoms with Gasteiger partial charge in [-0.2, -0.15) is 0 Å². The number of ether oxygens (including phenoxy) is 1. The van der Waals surface area contributed by atoms with Crippen LogP contribution in [0.4, 0.5) is 0 Å². The Morgan fingerprint density at radius 1 is 1.44 bits per heavy atom. The van der Waals surface area contributed by atoms with Crippen LogP contribution in [0.2, 0.25) is 0 Å². The highest BCUT2D eigenvalue weighted by Gasteiger charge is 2.33. The molecule has 0 aliphatic carbocycles. The largest absolute Gasteiger partial charge is 0.493 e. The lowest BCUT2D eigenvalue weighted by molar-refractivity contribution is 0.284. The SMILES string of the molecule is CCC(N)(c1cccc2c1OCC2)C(C)C. The molecule has 0 spiro atoms. The van der Waals surface area contributed by atoms with E-state index in [1.54, 1.807) is 0 Å². The molecule has 1 aromatic carbocycles. The van der Waals surface area contributed by atoms with Crippen molar-refractivity contribution in [2.24, 2.45) is 11.7 Å². The summed E-state index contributed by atoms with van der Waals surface area (Å²) in [7, 11) is 0. The molecule has 1 heterocycles. The molecule has 0 amide bonds. The minimum absolute atomic E-state index is 0.268. The third-order valence-corrected chi connectivity index (χ3v) is 3.83. The van der Waals surface area contributed by atoms with Gasteiger partial charge in [0.15, 0.2) is 0 Å². The van der Waals surface area contributed by atoms with E-state index < -0.39 is 0 Å². The Hall–Kier alpha value is -1.02. The van der Waals surface area contributed by atoms with Gasteiger partial charge >= 0.3 is 0 Å². The molecule has 2 rings (SSSR count). The Morgan fingerprint density at radius 3 is 2.81 bits per heavy atom. The first-order chi connectivity index (χ1) is 7.59. The van der Waals surface area contributed by atoms with Gasteiger partial charge in [0.05, 0.1) is 6.61 Å². The van der Waals surface area contributed by atoms with Gasteiger partial charge in [0.1, 0.15) is 5.75 Å². The zero-order valence-corrected chi connectivity index (χ0v) is 10.4. The molecule has 0 bridgehead atoms. The molecule has 0 aromatic heterocycles. The smallest absolute Gasteiger partial charge is 0.127 e. The molecule has 16 heavy (non-hydrogen) atoms. The standard InChI is InChI=1S/C14H21NO/c1-4-14(15,10(2)3)12-7-5-6-11-8-9-16-13(11)12/h5-7,10H,4,8-9,15H2,1-3H3. The highest BCUT2D eigenvalue weighted by atomic mass is 16.5. The first-order valence-corrected chi connectivity index (χ1v) is 6.13. The first kappa shape index (κ1) is 11.5. The van der Waals surface area contributed by atoms with Crippen LogP contribution in [0.3, 0.4) is 0 Å². The molecular weight excluding hydrogens is 198 g/mol. The van der Waals surface area contributed by atoms with Crippen molar-refractivity contribution in [1.29, 1.82) is 0 Å². The minimum Gasteiger partial charge on any atom is -0.493 e. The second-order valence-electron chi connectivity index (χ2n) is 4.94. The van der Waals surface area contributed by atoms with Crippen molar-refractivity contribution in [2.45, 2.75) is 39.2 Å². The molecule has 1 aliphatic rings. The normalized spacial score (nSPS) is 18.1. The molecule has 2 heteroatoms. The molecule has 1 aromatic rings. The maximum Gasteiger partial charge on any atom is 0.127 e. The maximum atomic E-state index is 6.55. The van der Waals surface area contributed by atoms with Gasteiger partial charge in [-0.1, -0.05) is 39.0 Å². The van der Waals surface area contributed by atoms with Crippen LogP contribution in [0.1, 0.15) is 38.3 Å². The van der Waals surface area contributed by atoms with Crippen molar-refractivity contribution in [1.82, 2.24) is 0 Å². The lowest BCUT2D eigenvalue weighted by atomic mass is 9.78. The monoisotopic (exact) mass is 219 g/mol. The summed E-state index contributed by atoms with van der Waals surface area (Å²) in [4.78, 5) is 0. The van der Waals surface area contributed by atoms with Crippen LogP contribution >= 0.6 is 0 Å².